The van der Waals surface area contributed by atoms with Crippen LogP contribution in [-0.2, 0) is 27.0 Å². The summed E-state index contributed by atoms with van der Waals surface area (Å²) in [7, 11) is -3.84. The predicted molar refractivity (Wildman–Crippen MR) is 133 cm³/mol. The second-order valence-electron chi connectivity index (χ2n) is 8.94. The quantitative estimate of drug-likeness (QED) is 0.249. The second-order valence-corrected chi connectivity index (χ2v) is 11.0. The van der Waals surface area contributed by atoms with Crippen LogP contribution in [0, 0.1) is 5.92 Å². The average Bonchev–Trinajstić information content (AvgIpc) is 3.20. The fourth-order valence-corrected chi connectivity index (χ4v) is 5.32. The van der Waals surface area contributed by atoms with Crippen molar-refractivity contribution in [2.75, 3.05) is 6.16 Å². The molecule has 3 unspecified atom stereocenters. The number of aryl methyl sites for hydroxylation is 1. The Balaban J connectivity index is 1.69. The van der Waals surface area contributed by atoms with E-state index in [-0.39, 0.29) is 18.5 Å². The summed E-state index contributed by atoms with van der Waals surface area (Å²) in [6, 6.07) is 14.7. The van der Waals surface area contributed by atoms with E-state index >= 15 is 0 Å². The summed E-state index contributed by atoms with van der Waals surface area (Å²) in [6.45, 7) is 3.80. The smallest absolute Gasteiger partial charge is 0.326 e. The molecule has 5 N–H and O–H groups in total. The number of benzene rings is 2. The Bertz CT molecular complexity index is 1160. The van der Waals surface area contributed by atoms with Crippen molar-refractivity contribution in [1.29, 1.82) is 0 Å². The van der Waals surface area contributed by atoms with Crippen LogP contribution in [0.2, 0.25) is 0 Å². The molecule has 3 aromatic rings. The van der Waals surface area contributed by atoms with Crippen LogP contribution < -0.4 is 10.4 Å². The lowest BCUT2D eigenvalue weighted by atomic mass is 10.0. The molecular formula is C25H32N3O5P. The minimum Gasteiger partial charge on any atom is -0.480 e. The Labute approximate surface area is 199 Å². The van der Waals surface area contributed by atoms with E-state index in [0.717, 1.165) is 22.0 Å². The molecule has 8 nitrogen and oxygen atoms in total. The number of aromatic amines is 1. The number of hydrogen-bond donors (Lipinski definition) is 5. The van der Waals surface area contributed by atoms with Gasteiger partial charge in [0.2, 0.25) is 5.91 Å². The summed E-state index contributed by atoms with van der Waals surface area (Å²) in [5.74, 6) is -1.72. The molecule has 182 valence electrons. The molecule has 0 saturated carbocycles. The third-order valence-electron chi connectivity index (χ3n) is 5.64. The molecular weight excluding hydrogens is 453 g/mol. The summed E-state index contributed by atoms with van der Waals surface area (Å²) in [6.07, 6.45) is 2.47. The van der Waals surface area contributed by atoms with E-state index in [2.05, 4.69) is 15.4 Å². The van der Waals surface area contributed by atoms with Gasteiger partial charge in [-0.15, -0.1) is 0 Å². The van der Waals surface area contributed by atoms with Crippen molar-refractivity contribution in [1.82, 2.24) is 15.4 Å². The van der Waals surface area contributed by atoms with Gasteiger partial charge in [0.05, 0.1) is 6.04 Å². The van der Waals surface area contributed by atoms with Gasteiger partial charge < -0.3 is 20.3 Å². The highest BCUT2D eigenvalue weighted by Gasteiger charge is 2.31. The maximum atomic E-state index is 13.1. The number of nitrogens with one attached hydrogen (secondary N) is 3. The number of H-pyrrole nitrogens is 1. The van der Waals surface area contributed by atoms with Gasteiger partial charge >= 0.3 is 5.97 Å². The highest BCUT2D eigenvalue weighted by atomic mass is 31.2. The molecule has 1 amide bonds. The van der Waals surface area contributed by atoms with Crippen molar-refractivity contribution in [2.45, 2.75) is 45.2 Å². The Kier molecular flexibility index (Phi) is 8.67. The van der Waals surface area contributed by atoms with Crippen LogP contribution in [0.4, 0.5) is 0 Å². The summed E-state index contributed by atoms with van der Waals surface area (Å²) in [5.41, 5.74) is 2.58. The summed E-state index contributed by atoms with van der Waals surface area (Å²) >= 11 is 0. The number of carbonyl (C=O) groups excluding carboxylic acids is 1. The Hall–Kier alpha value is -2.93. The molecule has 1 aromatic heterocycles. The van der Waals surface area contributed by atoms with Crippen molar-refractivity contribution in [3.05, 3.63) is 71.9 Å². The molecule has 0 radical (unpaired) electrons. The largest absolute Gasteiger partial charge is 0.480 e. The number of fused-ring (bicyclic) bond motifs is 1. The lowest BCUT2D eigenvalue weighted by Crippen LogP contribution is -2.50. The molecule has 0 aliphatic heterocycles. The van der Waals surface area contributed by atoms with Crippen molar-refractivity contribution in [3.8, 4) is 0 Å². The third-order valence-corrected chi connectivity index (χ3v) is 7.19. The van der Waals surface area contributed by atoms with Gasteiger partial charge in [-0.25, -0.2) is 9.88 Å². The highest BCUT2D eigenvalue weighted by molar-refractivity contribution is 7.55. The second kappa shape index (κ2) is 11.5. The predicted octanol–water partition coefficient (Wildman–Crippen LogP) is 3.71. The molecule has 0 bridgehead atoms. The molecule has 34 heavy (non-hydrogen) atoms. The van der Waals surface area contributed by atoms with Crippen molar-refractivity contribution >= 4 is 30.3 Å². The number of para-hydroxylation sites is 1. The Morgan fingerprint density at radius 1 is 1.03 bits per heavy atom. The summed E-state index contributed by atoms with van der Waals surface area (Å²) in [5, 5.41) is 15.8. The van der Waals surface area contributed by atoms with Crippen LogP contribution in [0.15, 0.2) is 60.8 Å². The van der Waals surface area contributed by atoms with E-state index in [1.165, 1.54) is 0 Å². The van der Waals surface area contributed by atoms with Gasteiger partial charge in [0.1, 0.15) is 6.04 Å². The number of aliphatic carboxylic acids is 1. The molecule has 0 aliphatic rings. The molecule has 0 fully saturated rings. The highest BCUT2D eigenvalue weighted by Crippen LogP contribution is 2.37. The topological polar surface area (TPSA) is 132 Å². The first-order chi connectivity index (χ1) is 16.1. The normalized spacial score (nSPS) is 15.1. The van der Waals surface area contributed by atoms with Crippen molar-refractivity contribution in [2.24, 2.45) is 5.92 Å². The van der Waals surface area contributed by atoms with Crippen LogP contribution >= 0.6 is 7.52 Å². The van der Waals surface area contributed by atoms with Crippen LogP contribution in [0.1, 0.15) is 31.4 Å². The van der Waals surface area contributed by atoms with E-state index in [0.29, 0.717) is 12.8 Å². The van der Waals surface area contributed by atoms with Gasteiger partial charge in [0, 0.05) is 29.7 Å². The van der Waals surface area contributed by atoms with E-state index in [4.69, 9.17) is 0 Å². The maximum absolute atomic E-state index is 13.1. The Morgan fingerprint density at radius 3 is 2.38 bits per heavy atom. The fraction of sp³-hybridized carbons (Fsp3) is 0.360. The molecule has 0 spiro atoms. The average molecular weight is 486 g/mol. The zero-order chi connectivity index (χ0) is 24.7. The summed E-state index contributed by atoms with van der Waals surface area (Å²) < 4.78 is 12.8. The van der Waals surface area contributed by atoms with E-state index in [9.17, 15) is 24.2 Å². The van der Waals surface area contributed by atoms with Gasteiger partial charge in [0.15, 0.2) is 0 Å². The molecule has 0 saturated heterocycles. The SMILES string of the molecule is CC(C)CC(NP(=O)(O)CCc1ccccc1)C(=O)NC(Cc1c[nH]c2ccccc12)C(=O)O. The number of carboxylic acid groups (broad SMARTS) is 1. The molecule has 3 atom stereocenters. The van der Waals surface area contributed by atoms with Crippen molar-refractivity contribution in [3.63, 3.8) is 0 Å². The van der Waals surface area contributed by atoms with Gasteiger partial charge in [-0.1, -0.05) is 62.4 Å². The molecule has 3 rings (SSSR count). The van der Waals surface area contributed by atoms with Crippen LogP contribution in [0.5, 0.6) is 0 Å². The number of carboxylic acids is 1. The summed E-state index contributed by atoms with van der Waals surface area (Å²) in [4.78, 5) is 38.6. The van der Waals surface area contributed by atoms with E-state index in [1.54, 1.807) is 6.20 Å². The zero-order valence-electron chi connectivity index (χ0n) is 19.4. The van der Waals surface area contributed by atoms with Gasteiger partial charge in [0.25, 0.3) is 7.52 Å². The first-order valence-electron chi connectivity index (χ1n) is 11.4. The number of carbonyl (C=O) groups is 2. The van der Waals surface area contributed by atoms with Crippen LogP contribution in [0.3, 0.4) is 0 Å². The molecule has 9 heteroatoms. The number of hydrogen-bond acceptors (Lipinski definition) is 3. The molecule has 0 aliphatic carbocycles. The van der Waals surface area contributed by atoms with Crippen LogP contribution in [-0.4, -0.2) is 45.1 Å². The fourth-order valence-electron chi connectivity index (χ4n) is 3.92. The van der Waals surface area contributed by atoms with Gasteiger partial charge in [-0.3, -0.25) is 9.36 Å². The zero-order valence-corrected chi connectivity index (χ0v) is 20.3. The van der Waals surface area contributed by atoms with Gasteiger partial charge in [-0.05, 0) is 36.0 Å². The van der Waals surface area contributed by atoms with E-state index in [1.807, 2.05) is 68.4 Å². The van der Waals surface area contributed by atoms with Crippen molar-refractivity contribution < 1.29 is 24.2 Å². The minimum atomic E-state index is -3.84. The maximum Gasteiger partial charge on any atom is 0.326 e. The van der Waals surface area contributed by atoms with Gasteiger partial charge in [-0.2, -0.15) is 0 Å². The monoisotopic (exact) mass is 485 g/mol. The minimum absolute atomic E-state index is 0.0312. The number of amides is 1. The lowest BCUT2D eigenvalue weighted by Gasteiger charge is -2.25. The molecule has 2 aromatic carbocycles. The number of rotatable bonds is 12. The number of aromatic nitrogens is 1. The van der Waals surface area contributed by atoms with E-state index < -0.39 is 31.5 Å². The third kappa shape index (κ3) is 7.29. The first kappa shape index (κ1) is 25.7. The standard InChI is InChI=1S/C25H32N3O5P/c1-17(2)14-22(28-34(32,33)13-12-18-8-4-3-5-9-18)24(29)27-23(25(30)31)15-19-16-26-21-11-7-6-10-20(19)21/h3-11,16-17,22-23,26H,12-15H2,1-2H3,(H,27,29)(H,30,31)(H2,28,32,33). The molecule has 1 heterocycles. The van der Waals surface area contributed by atoms with Crippen LogP contribution in [0.25, 0.3) is 10.9 Å². The lowest BCUT2D eigenvalue weighted by molar-refractivity contribution is -0.142. The first-order valence-corrected chi connectivity index (χ1v) is 13.2. The Morgan fingerprint density at radius 2 is 1.71 bits per heavy atom.